The van der Waals surface area contributed by atoms with E-state index in [0.29, 0.717) is 17.1 Å². The van der Waals surface area contributed by atoms with Gasteiger partial charge in [-0.05, 0) is 56.2 Å². The van der Waals surface area contributed by atoms with Gasteiger partial charge in [0.1, 0.15) is 0 Å². The van der Waals surface area contributed by atoms with E-state index in [1.165, 1.54) is 4.31 Å². The Morgan fingerprint density at radius 2 is 1.60 bits per heavy atom. The van der Waals surface area contributed by atoms with Crippen molar-refractivity contribution in [1.82, 2.24) is 0 Å². The molecule has 106 valence electrons. The predicted molar refractivity (Wildman–Crippen MR) is 82.6 cm³/mol. The molecule has 0 spiro atoms. The molecule has 2 rings (SSSR count). The summed E-state index contributed by atoms with van der Waals surface area (Å²) in [4.78, 5) is 0.339. The third-order valence-corrected chi connectivity index (χ3v) is 5.30. The smallest absolute Gasteiger partial charge is 0.264 e. The van der Waals surface area contributed by atoms with E-state index in [9.17, 15) is 8.42 Å². The van der Waals surface area contributed by atoms with E-state index in [1.54, 1.807) is 12.1 Å². The van der Waals surface area contributed by atoms with Crippen molar-refractivity contribution in [1.29, 1.82) is 0 Å². The van der Waals surface area contributed by atoms with Crippen LogP contribution in [0.2, 0.25) is 0 Å². The molecule has 0 bridgehead atoms. The standard InChI is InChI=1S/C16H19NO2S/c1-4-17(15-8-6-5-7-9-15)20(18,19)16-11-10-13(2)14(3)12-16/h5-12H,4H2,1-3H3. The summed E-state index contributed by atoms with van der Waals surface area (Å²) in [5.74, 6) is 0. The third kappa shape index (κ3) is 2.70. The zero-order valence-corrected chi connectivity index (χ0v) is 12.8. The average Bonchev–Trinajstić information content (AvgIpc) is 2.43. The Bertz CT molecular complexity index is 694. The van der Waals surface area contributed by atoms with Crippen molar-refractivity contribution in [3.05, 3.63) is 59.7 Å². The van der Waals surface area contributed by atoms with Crippen molar-refractivity contribution in [3.8, 4) is 0 Å². The van der Waals surface area contributed by atoms with E-state index >= 15 is 0 Å². The second-order valence-electron chi connectivity index (χ2n) is 4.75. The van der Waals surface area contributed by atoms with Crippen molar-refractivity contribution < 1.29 is 8.42 Å². The lowest BCUT2D eigenvalue weighted by atomic mass is 10.1. The molecule has 0 heterocycles. The van der Waals surface area contributed by atoms with Crippen LogP contribution in [0.3, 0.4) is 0 Å². The zero-order valence-electron chi connectivity index (χ0n) is 12.0. The fraction of sp³-hybridized carbons (Fsp3) is 0.250. The van der Waals surface area contributed by atoms with Crippen LogP contribution < -0.4 is 4.31 Å². The number of hydrogen-bond donors (Lipinski definition) is 0. The van der Waals surface area contributed by atoms with Gasteiger partial charge in [0.05, 0.1) is 10.6 Å². The second kappa shape index (κ2) is 5.67. The quantitative estimate of drug-likeness (QED) is 0.863. The number of hydrogen-bond acceptors (Lipinski definition) is 2. The van der Waals surface area contributed by atoms with E-state index in [-0.39, 0.29) is 0 Å². The van der Waals surface area contributed by atoms with E-state index in [2.05, 4.69) is 0 Å². The average molecular weight is 289 g/mol. The highest BCUT2D eigenvalue weighted by atomic mass is 32.2. The van der Waals surface area contributed by atoms with Crippen molar-refractivity contribution in [3.63, 3.8) is 0 Å². The minimum Gasteiger partial charge on any atom is -0.267 e. The Balaban J connectivity index is 2.50. The molecule has 0 amide bonds. The van der Waals surface area contributed by atoms with Crippen molar-refractivity contribution in [2.75, 3.05) is 10.8 Å². The van der Waals surface area contributed by atoms with Crippen molar-refractivity contribution in [2.24, 2.45) is 0 Å². The Morgan fingerprint density at radius 1 is 0.950 bits per heavy atom. The first-order chi connectivity index (χ1) is 9.46. The molecular formula is C16H19NO2S. The van der Waals surface area contributed by atoms with Gasteiger partial charge in [0.15, 0.2) is 0 Å². The maximum Gasteiger partial charge on any atom is 0.264 e. The van der Waals surface area contributed by atoms with Crippen molar-refractivity contribution in [2.45, 2.75) is 25.7 Å². The van der Waals surface area contributed by atoms with Gasteiger partial charge >= 0.3 is 0 Å². The summed E-state index contributed by atoms with van der Waals surface area (Å²) >= 11 is 0. The number of para-hydroxylation sites is 1. The van der Waals surface area contributed by atoms with E-state index in [1.807, 2.05) is 57.2 Å². The van der Waals surface area contributed by atoms with Crippen LogP contribution in [-0.2, 0) is 10.0 Å². The van der Waals surface area contributed by atoms with Crippen LogP contribution >= 0.6 is 0 Å². The van der Waals surface area contributed by atoms with E-state index in [4.69, 9.17) is 0 Å². The molecular weight excluding hydrogens is 270 g/mol. The molecule has 3 nitrogen and oxygen atoms in total. The Hall–Kier alpha value is -1.81. The molecule has 0 fully saturated rings. The summed E-state index contributed by atoms with van der Waals surface area (Å²) in [6, 6.07) is 14.4. The lowest BCUT2D eigenvalue weighted by molar-refractivity contribution is 0.592. The van der Waals surface area contributed by atoms with Crippen LogP contribution in [0.15, 0.2) is 53.4 Å². The van der Waals surface area contributed by atoms with Gasteiger partial charge in [-0.3, -0.25) is 4.31 Å². The number of benzene rings is 2. The number of sulfonamides is 1. The fourth-order valence-corrected chi connectivity index (χ4v) is 3.65. The normalized spacial score (nSPS) is 11.3. The van der Waals surface area contributed by atoms with Gasteiger partial charge in [-0.2, -0.15) is 0 Å². The molecule has 0 aliphatic heterocycles. The van der Waals surface area contributed by atoms with E-state index < -0.39 is 10.0 Å². The minimum absolute atomic E-state index is 0.339. The highest BCUT2D eigenvalue weighted by Crippen LogP contribution is 2.24. The molecule has 0 N–H and O–H groups in total. The maximum absolute atomic E-state index is 12.8. The van der Waals surface area contributed by atoms with Gasteiger partial charge in [0, 0.05) is 6.54 Å². The molecule has 0 aromatic heterocycles. The number of aryl methyl sites for hydroxylation is 2. The summed E-state index contributed by atoms with van der Waals surface area (Å²) in [5.41, 5.74) is 2.76. The first kappa shape index (κ1) is 14.6. The maximum atomic E-state index is 12.8. The van der Waals surface area contributed by atoms with E-state index in [0.717, 1.165) is 11.1 Å². The Labute approximate surface area is 120 Å². The molecule has 4 heteroatoms. The number of anilines is 1. The Kier molecular flexibility index (Phi) is 4.14. The monoisotopic (exact) mass is 289 g/mol. The molecule has 0 saturated carbocycles. The van der Waals surface area contributed by atoms with Crippen LogP contribution in [0.1, 0.15) is 18.1 Å². The lowest BCUT2D eigenvalue weighted by Crippen LogP contribution is -2.30. The number of rotatable bonds is 4. The highest BCUT2D eigenvalue weighted by molar-refractivity contribution is 7.92. The van der Waals surface area contributed by atoms with Gasteiger partial charge in [0.2, 0.25) is 0 Å². The summed E-state index contributed by atoms with van der Waals surface area (Å²) < 4.78 is 26.9. The molecule has 2 aromatic rings. The second-order valence-corrected chi connectivity index (χ2v) is 6.61. The third-order valence-electron chi connectivity index (χ3n) is 3.40. The fourth-order valence-electron chi connectivity index (χ4n) is 2.09. The Morgan fingerprint density at radius 3 is 2.15 bits per heavy atom. The first-order valence-electron chi connectivity index (χ1n) is 6.62. The van der Waals surface area contributed by atoms with Gasteiger partial charge in [-0.15, -0.1) is 0 Å². The molecule has 0 aliphatic rings. The molecule has 0 aliphatic carbocycles. The molecule has 0 saturated heterocycles. The van der Waals surface area contributed by atoms with Gasteiger partial charge < -0.3 is 0 Å². The minimum atomic E-state index is -3.51. The predicted octanol–water partition coefficient (Wildman–Crippen LogP) is 3.52. The first-order valence-corrected chi connectivity index (χ1v) is 8.06. The molecule has 0 radical (unpaired) electrons. The molecule has 20 heavy (non-hydrogen) atoms. The van der Waals surface area contributed by atoms with Crippen LogP contribution in [0.5, 0.6) is 0 Å². The SMILES string of the molecule is CCN(c1ccccc1)S(=O)(=O)c1ccc(C)c(C)c1. The van der Waals surface area contributed by atoms with Gasteiger partial charge in [0.25, 0.3) is 10.0 Å². The summed E-state index contributed by atoms with van der Waals surface area (Å²) in [5, 5.41) is 0. The van der Waals surface area contributed by atoms with Crippen LogP contribution in [0, 0.1) is 13.8 Å². The van der Waals surface area contributed by atoms with Crippen LogP contribution in [0.25, 0.3) is 0 Å². The van der Waals surface area contributed by atoms with Gasteiger partial charge in [-0.25, -0.2) is 8.42 Å². The molecule has 0 unspecified atom stereocenters. The molecule has 0 atom stereocenters. The number of nitrogens with zero attached hydrogens (tertiary/aromatic N) is 1. The zero-order chi connectivity index (χ0) is 14.8. The van der Waals surface area contributed by atoms with Crippen LogP contribution in [-0.4, -0.2) is 15.0 Å². The van der Waals surface area contributed by atoms with Gasteiger partial charge in [-0.1, -0.05) is 24.3 Å². The molecule has 2 aromatic carbocycles. The summed E-state index contributed by atoms with van der Waals surface area (Å²) in [6.45, 7) is 6.14. The highest BCUT2D eigenvalue weighted by Gasteiger charge is 2.23. The van der Waals surface area contributed by atoms with Crippen molar-refractivity contribution >= 4 is 15.7 Å². The van der Waals surface area contributed by atoms with Crippen LogP contribution in [0.4, 0.5) is 5.69 Å². The lowest BCUT2D eigenvalue weighted by Gasteiger charge is -2.23. The topological polar surface area (TPSA) is 37.4 Å². The summed E-state index contributed by atoms with van der Waals surface area (Å²) in [7, 11) is -3.51. The summed E-state index contributed by atoms with van der Waals surface area (Å²) in [6.07, 6.45) is 0. The largest absolute Gasteiger partial charge is 0.267 e.